The summed E-state index contributed by atoms with van der Waals surface area (Å²) in [7, 11) is 0. The molecule has 2 heteroatoms. The van der Waals surface area contributed by atoms with Crippen molar-refractivity contribution in [2.45, 2.75) is 32.0 Å². The summed E-state index contributed by atoms with van der Waals surface area (Å²) in [5.41, 5.74) is 0. The SMILES string of the molecule is C=C/C=C/C=C\CC1(CCC)OCCO1. The minimum Gasteiger partial charge on any atom is -0.347 e. The first kappa shape index (κ1) is 12.2. The number of hydrogen-bond acceptors (Lipinski definition) is 2. The van der Waals surface area contributed by atoms with Gasteiger partial charge in [0.15, 0.2) is 5.79 Å². The van der Waals surface area contributed by atoms with Crippen LogP contribution in [0.2, 0.25) is 0 Å². The number of rotatable bonds is 6. The van der Waals surface area contributed by atoms with Crippen molar-refractivity contribution in [3.63, 3.8) is 0 Å². The number of hydrogen-bond donors (Lipinski definition) is 0. The highest BCUT2D eigenvalue weighted by Gasteiger charge is 2.33. The van der Waals surface area contributed by atoms with E-state index < -0.39 is 0 Å². The van der Waals surface area contributed by atoms with Crippen LogP contribution in [0.1, 0.15) is 26.2 Å². The quantitative estimate of drug-likeness (QED) is 0.624. The fraction of sp³-hybridized carbons (Fsp3) is 0.538. The summed E-state index contributed by atoms with van der Waals surface area (Å²) in [5.74, 6) is -0.354. The van der Waals surface area contributed by atoms with Gasteiger partial charge < -0.3 is 9.47 Å². The molecular weight excluding hydrogens is 188 g/mol. The Morgan fingerprint density at radius 2 is 1.93 bits per heavy atom. The smallest absolute Gasteiger partial charge is 0.171 e. The van der Waals surface area contributed by atoms with Gasteiger partial charge in [-0.05, 0) is 0 Å². The monoisotopic (exact) mass is 208 g/mol. The Balaban J connectivity index is 2.41. The Morgan fingerprint density at radius 1 is 1.20 bits per heavy atom. The second kappa shape index (κ2) is 6.59. The van der Waals surface area contributed by atoms with Crippen molar-refractivity contribution >= 4 is 0 Å². The Morgan fingerprint density at radius 3 is 2.53 bits per heavy atom. The first-order valence-electron chi connectivity index (χ1n) is 5.55. The minimum atomic E-state index is -0.354. The van der Waals surface area contributed by atoms with E-state index in [1.165, 1.54) is 0 Å². The summed E-state index contributed by atoms with van der Waals surface area (Å²) in [6, 6.07) is 0. The molecule has 0 aromatic heterocycles. The molecule has 1 saturated heterocycles. The van der Waals surface area contributed by atoms with Crippen molar-refractivity contribution in [3.8, 4) is 0 Å². The highest BCUT2D eigenvalue weighted by molar-refractivity contribution is 5.09. The van der Waals surface area contributed by atoms with Crippen LogP contribution in [0, 0.1) is 0 Å². The van der Waals surface area contributed by atoms with Crippen LogP contribution < -0.4 is 0 Å². The molecule has 0 saturated carbocycles. The Hall–Kier alpha value is -0.860. The van der Waals surface area contributed by atoms with E-state index >= 15 is 0 Å². The third kappa shape index (κ3) is 4.02. The molecule has 0 aliphatic carbocycles. The van der Waals surface area contributed by atoms with Gasteiger partial charge in [0.2, 0.25) is 0 Å². The summed E-state index contributed by atoms with van der Waals surface area (Å²) in [5, 5.41) is 0. The molecule has 1 aliphatic heterocycles. The molecule has 1 fully saturated rings. The van der Waals surface area contributed by atoms with E-state index in [2.05, 4.69) is 19.6 Å². The van der Waals surface area contributed by atoms with Crippen LogP contribution in [0.3, 0.4) is 0 Å². The van der Waals surface area contributed by atoms with Crippen molar-refractivity contribution in [1.82, 2.24) is 0 Å². The van der Waals surface area contributed by atoms with Crippen molar-refractivity contribution in [1.29, 1.82) is 0 Å². The predicted octanol–water partition coefficient (Wildman–Crippen LogP) is 3.22. The van der Waals surface area contributed by atoms with Gasteiger partial charge in [-0.15, -0.1) is 0 Å². The van der Waals surface area contributed by atoms with Crippen LogP contribution in [-0.4, -0.2) is 19.0 Å². The second-order valence-corrected chi connectivity index (χ2v) is 3.61. The number of ether oxygens (including phenoxy) is 2. The fourth-order valence-electron chi connectivity index (χ4n) is 1.71. The van der Waals surface area contributed by atoms with E-state index in [4.69, 9.17) is 9.47 Å². The second-order valence-electron chi connectivity index (χ2n) is 3.61. The largest absolute Gasteiger partial charge is 0.347 e. The maximum absolute atomic E-state index is 5.67. The van der Waals surface area contributed by atoms with E-state index in [9.17, 15) is 0 Å². The standard InChI is InChI=1S/C13H20O2/c1-3-5-6-7-8-10-13(9-4-2)14-11-12-15-13/h3,5-8H,1,4,9-12H2,2H3/b6-5+,8-7-. The summed E-state index contributed by atoms with van der Waals surface area (Å²) in [6.45, 7) is 7.19. The third-order valence-electron chi connectivity index (χ3n) is 2.37. The molecule has 1 heterocycles. The lowest BCUT2D eigenvalue weighted by atomic mass is 10.1. The normalized spacial score (nSPS) is 20.3. The van der Waals surface area contributed by atoms with Crippen LogP contribution in [0.5, 0.6) is 0 Å². The van der Waals surface area contributed by atoms with Gasteiger partial charge in [0, 0.05) is 12.8 Å². The average Bonchev–Trinajstić information content (AvgIpc) is 2.67. The highest BCUT2D eigenvalue weighted by atomic mass is 16.7. The van der Waals surface area contributed by atoms with E-state index in [1.54, 1.807) is 6.08 Å². The summed E-state index contributed by atoms with van der Waals surface area (Å²) < 4.78 is 11.3. The van der Waals surface area contributed by atoms with E-state index in [0.717, 1.165) is 32.5 Å². The van der Waals surface area contributed by atoms with Gasteiger partial charge in [-0.3, -0.25) is 0 Å². The molecule has 0 N–H and O–H groups in total. The lowest BCUT2D eigenvalue weighted by Gasteiger charge is -2.25. The van der Waals surface area contributed by atoms with Gasteiger partial charge in [0.1, 0.15) is 0 Å². The molecule has 0 aromatic rings. The van der Waals surface area contributed by atoms with E-state index in [1.807, 2.05) is 18.2 Å². The molecule has 1 aliphatic rings. The summed E-state index contributed by atoms with van der Waals surface area (Å²) in [4.78, 5) is 0. The van der Waals surface area contributed by atoms with Crippen LogP contribution in [0.4, 0.5) is 0 Å². The average molecular weight is 208 g/mol. The van der Waals surface area contributed by atoms with Crippen molar-refractivity contribution < 1.29 is 9.47 Å². The first-order valence-corrected chi connectivity index (χ1v) is 5.55. The third-order valence-corrected chi connectivity index (χ3v) is 2.37. The maximum atomic E-state index is 5.67. The van der Waals surface area contributed by atoms with Gasteiger partial charge in [0.05, 0.1) is 13.2 Å². The van der Waals surface area contributed by atoms with Gasteiger partial charge in [-0.2, -0.15) is 0 Å². The van der Waals surface area contributed by atoms with Gasteiger partial charge in [0.25, 0.3) is 0 Å². The zero-order valence-corrected chi connectivity index (χ0v) is 9.45. The zero-order valence-electron chi connectivity index (χ0n) is 9.45. The molecular formula is C13H20O2. The van der Waals surface area contributed by atoms with E-state index in [0.29, 0.717) is 0 Å². The molecule has 1 rings (SSSR count). The Labute approximate surface area is 92.3 Å². The molecule has 0 aromatic carbocycles. The summed E-state index contributed by atoms with van der Waals surface area (Å²) in [6.07, 6.45) is 12.6. The van der Waals surface area contributed by atoms with Crippen molar-refractivity contribution in [2.75, 3.05) is 13.2 Å². The molecule has 84 valence electrons. The highest BCUT2D eigenvalue weighted by Crippen LogP contribution is 2.28. The first-order chi connectivity index (χ1) is 7.33. The molecule has 15 heavy (non-hydrogen) atoms. The van der Waals surface area contributed by atoms with E-state index in [-0.39, 0.29) is 5.79 Å². The topological polar surface area (TPSA) is 18.5 Å². The Kier molecular flexibility index (Phi) is 5.37. The molecule has 0 radical (unpaired) electrons. The van der Waals surface area contributed by atoms with Crippen LogP contribution in [0.15, 0.2) is 37.0 Å². The van der Waals surface area contributed by atoms with Crippen LogP contribution in [-0.2, 0) is 9.47 Å². The molecule has 0 spiro atoms. The minimum absolute atomic E-state index is 0.354. The van der Waals surface area contributed by atoms with Gasteiger partial charge in [-0.1, -0.05) is 50.3 Å². The lowest BCUT2D eigenvalue weighted by Crippen LogP contribution is -2.28. The molecule has 2 nitrogen and oxygen atoms in total. The fourth-order valence-corrected chi connectivity index (χ4v) is 1.71. The Bertz CT molecular complexity index is 235. The van der Waals surface area contributed by atoms with Gasteiger partial charge >= 0.3 is 0 Å². The van der Waals surface area contributed by atoms with Crippen LogP contribution in [0.25, 0.3) is 0 Å². The van der Waals surface area contributed by atoms with Gasteiger partial charge in [-0.25, -0.2) is 0 Å². The molecule has 0 unspecified atom stereocenters. The predicted molar refractivity (Wildman–Crippen MR) is 62.6 cm³/mol. The molecule has 0 amide bonds. The maximum Gasteiger partial charge on any atom is 0.171 e. The van der Waals surface area contributed by atoms with Crippen molar-refractivity contribution in [2.24, 2.45) is 0 Å². The molecule has 0 bridgehead atoms. The lowest BCUT2D eigenvalue weighted by molar-refractivity contribution is -0.159. The summed E-state index contributed by atoms with van der Waals surface area (Å²) >= 11 is 0. The zero-order chi connectivity index (χ0) is 11.0. The van der Waals surface area contributed by atoms with Crippen molar-refractivity contribution in [3.05, 3.63) is 37.0 Å². The van der Waals surface area contributed by atoms with Crippen LogP contribution >= 0.6 is 0 Å². The molecule has 0 atom stereocenters. The number of allylic oxidation sites excluding steroid dienone is 4.